The molecule has 6 heteroatoms. The molecule has 29 heavy (non-hydrogen) atoms. The maximum atomic E-state index is 12.9. The Morgan fingerprint density at radius 2 is 1.62 bits per heavy atom. The lowest BCUT2D eigenvalue weighted by atomic mass is 9.94. The quantitative estimate of drug-likeness (QED) is 0.233. The molecule has 0 saturated carbocycles. The van der Waals surface area contributed by atoms with Crippen molar-refractivity contribution in [2.45, 2.75) is 71.8 Å². The molecule has 0 bridgehead atoms. The number of thiol groups is 1. The van der Waals surface area contributed by atoms with Gasteiger partial charge in [0, 0.05) is 5.69 Å². The van der Waals surface area contributed by atoms with E-state index in [9.17, 15) is 14.4 Å². The highest BCUT2D eigenvalue weighted by molar-refractivity contribution is 7.81. The van der Waals surface area contributed by atoms with Crippen molar-refractivity contribution in [3.8, 4) is 0 Å². The molecule has 162 valence electrons. The molecule has 0 saturated heterocycles. The van der Waals surface area contributed by atoms with E-state index in [2.05, 4.69) is 30.2 Å². The monoisotopic (exact) mass is 420 g/mol. The van der Waals surface area contributed by atoms with Crippen molar-refractivity contribution in [3.63, 3.8) is 0 Å². The number of rotatable bonds is 14. The minimum atomic E-state index is -0.742. The number of amides is 2. The molecule has 0 fully saturated rings. The first-order chi connectivity index (χ1) is 13.9. The maximum Gasteiger partial charge on any atom is 0.246 e. The zero-order valence-electron chi connectivity index (χ0n) is 17.9. The molecule has 2 N–H and O–H groups in total. The largest absolute Gasteiger partial charge is 0.344 e. The first-order valence-corrected chi connectivity index (χ1v) is 11.3. The van der Waals surface area contributed by atoms with Crippen molar-refractivity contribution in [2.24, 2.45) is 11.8 Å². The molecule has 1 aromatic rings. The summed E-state index contributed by atoms with van der Waals surface area (Å²) in [5, 5.41) is 5.68. The van der Waals surface area contributed by atoms with E-state index in [0.29, 0.717) is 18.5 Å². The Hall–Kier alpha value is -1.82. The number of para-hydroxylation sites is 1. The minimum absolute atomic E-state index is 0.0259. The third-order valence-electron chi connectivity index (χ3n) is 4.84. The van der Waals surface area contributed by atoms with Crippen LogP contribution in [0.15, 0.2) is 30.3 Å². The topological polar surface area (TPSA) is 75.3 Å². The summed E-state index contributed by atoms with van der Waals surface area (Å²) in [5.74, 6) is -1.32. The molecule has 1 aromatic carbocycles. The number of ketones is 1. The summed E-state index contributed by atoms with van der Waals surface area (Å²) >= 11 is 4.07. The molecule has 1 rings (SSSR count). The van der Waals surface area contributed by atoms with Crippen LogP contribution >= 0.6 is 12.6 Å². The first kappa shape index (κ1) is 25.2. The van der Waals surface area contributed by atoms with E-state index in [0.717, 1.165) is 32.1 Å². The van der Waals surface area contributed by atoms with E-state index in [1.54, 1.807) is 12.1 Å². The molecule has 2 atom stereocenters. The second-order valence-corrected chi connectivity index (χ2v) is 8.24. The van der Waals surface area contributed by atoms with Gasteiger partial charge < -0.3 is 10.6 Å². The van der Waals surface area contributed by atoms with Crippen molar-refractivity contribution >= 4 is 35.9 Å². The molecule has 0 aromatic heterocycles. The highest BCUT2D eigenvalue weighted by Crippen LogP contribution is 2.16. The fraction of sp³-hybridized carbons (Fsp3) is 0.609. The van der Waals surface area contributed by atoms with Gasteiger partial charge in [0.25, 0.3) is 0 Å². The van der Waals surface area contributed by atoms with Crippen LogP contribution in [0.25, 0.3) is 0 Å². The van der Waals surface area contributed by atoms with Crippen molar-refractivity contribution in [1.29, 1.82) is 0 Å². The van der Waals surface area contributed by atoms with Crippen molar-refractivity contribution in [1.82, 2.24) is 5.32 Å². The summed E-state index contributed by atoms with van der Waals surface area (Å²) in [6.07, 6.45) is 6.24. The zero-order valence-corrected chi connectivity index (χ0v) is 18.8. The average Bonchev–Trinajstić information content (AvgIpc) is 2.70. The molecule has 1 unspecified atom stereocenters. The summed E-state index contributed by atoms with van der Waals surface area (Å²) in [6, 6.07) is 8.47. The lowest BCUT2D eigenvalue weighted by Gasteiger charge is -2.23. The van der Waals surface area contributed by atoms with Crippen LogP contribution in [0.4, 0.5) is 5.69 Å². The van der Waals surface area contributed by atoms with Crippen molar-refractivity contribution in [3.05, 3.63) is 30.3 Å². The predicted octanol–water partition coefficient (Wildman–Crippen LogP) is 4.63. The fourth-order valence-electron chi connectivity index (χ4n) is 3.23. The molecule has 5 nitrogen and oxygen atoms in total. The van der Waals surface area contributed by atoms with E-state index >= 15 is 0 Å². The molecule has 0 aliphatic heterocycles. The fourth-order valence-corrected chi connectivity index (χ4v) is 3.45. The van der Waals surface area contributed by atoms with Gasteiger partial charge in [-0.05, 0) is 30.9 Å². The second-order valence-electron chi connectivity index (χ2n) is 7.93. The number of nitrogens with one attached hydrogen (secondary N) is 2. The normalized spacial score (nSPS) is 13.0. The summed E-state index contributed by atoms with van der Waals surface area (Å²) in [6.45, 7) is 6.15. The Balaban J connectivity index is 2.77. The van der Waals surface area contributed by atoms with Gasteiger partial charge in [0.05, 0.1) is 11.7 Å². The van der Waals surface area contributed by atoms with Crippen LogP contribution in [0.3, 0.4) is 0 Å². The average molecular weight is 421 g/mol. The highest BCUT2D eigenvalue weighted by Gasteiger charge is 2.29. The zero-order chi connectivity index (χ0) is 21.6. The molecule has 0 heterocycles. The van der Waals surface area contributed by atoms with Crippen LogP contribution in [-0.4, -0.2) is 29.4 Å². The molecule has 2 amide bonds. The summed E-state index contributed by atoms with van der Waals surface area (Å²) in [7, 11) is 0. The molecular weight excluding hydrogens is 384 g/mol. The van der Waals surface area contributed by atoms with E-state index in [4.69, 9.17) is 0 Å². The minimum Gasteiger partial charge on any atom is -0.344 e. The van der Waals surface area contributed by atoms with E-state index < -0.39 is 12.0 Å². The van der Waals surface area contributed by atoms with Crippen LogP contribution in [-0.2, 0) is 14.4 Å². The van der Waals surface area contributed by atoms with Crippen LogP contribution in [0.1, 0.15) is 65.7 Å². The molecule has 0 radical (unpaired) electrons. The Morgan fingerprint density at radius 1 is 0.966 bits per heavy atom. The SMILES string of the molecule is CCCCCCCC(C(=O)CS)C(=O)N[C@@H](CC(C)C)C(=O)Nc1ccccc1. The van der Waals surface area contributed by atoms with Gasteiger partial charge in [-0.3, -0.25) is 14.4 Å². The highest BCUT2D eigenvalue weighted by atomic mass is 32.1. The Bertz CT molecular complexity index is 634. The van der Waals surface area contributed by atoms with E-state index in [1.807, 2.05) is 32.0 Å². The van der Waals surface area contributed by atoms with Crippen LogP contribution in [0, 0.1) is 11.8 Å². The van der Waals surface area contributed by atoms with Gasteiger partial charge in [0.2, 0.25) is 11.8 Å². The van der Waals surface area contributed by atoms with E-state index in [-0.39, 0.29) is 29.3 Å². The summed E-state index contributed by atoms with van der Waals surface area (Å²) < 4.78 is 0. The van der Waals surface area contributed by atoms with Crippen LogP contribution in [0.5, 0.6) is 0 Å². The third-order valence-corrected chi connectivity index (χ3v) is 5.15. The van der Waals surface area contributed by atoms with Crippen LogP contribution < -0.4 is 10.6 Å². The lowest BCUT2D eigenvalue weighted by Crippen LogP contribution is -2.48. The van der Waals surface area contributed by atoms with Gasteiger partial charge in [-0.15, -0.1) is 0 Å². The van der Waals surface area contributed by atoms with Crippen LogP contribution in [0.2, 0.25) is 0 Å². The number of hydrogen-bond acceptors (Lipinski definition) is 4. The number of unbranched alkanes of at least 4 members (excludes halogenated alkanes) is 4. The van der Waals surface area contributed by atoms with Gasteiger partial charge in [-0.2, -0.15) is 12.6 Å². The Kier molecular flexibility index (Phi) is 12.4. The smallest absolute Gasteiger partial charge is 0.246 e. The summed E-state index contributed by atoms with van der Waals surface area (Å²) in [4.78, 5) is 37.9. The number of hydrogen-bond donors (Lipinski definition) is 3. The summed E-state index contributed by atoms with van der Waals surface area (Å²) in [5.41, 5.74) is 0.680. The number of benzene rings is 1. The van der Waals surface area contributed by atoms with Gasteiger partial charge in [0.1, 0.15) is 6.04 Å². The first-order valence-electron chi connectivity index (χ1n) is 10.7. The van der Waals surface area contributed by atoms with Gasteiger partial charge >= 0.3 is 0 Å². The van der Waals surface area contributed by atoms with Crippen molar-refractivity contribution in [2.75, 3.05) is 11.1 Å². The number of anilines is 1. The standard InChI is InChI=1S/C23H36N2O3S/c1-4-5-6-7-11-14-19(21(26)16-29)22(27)25-20(15-17(2)3)23(28)24-18-12-9-8-10-13-18/h8-10,12-13,17,19-20,29H,4-7,11,14-16H2,1-3H3,(H,24,28)(H,25,27)/t19?,20-/m0/s1. The molecule has 0 spiro atoms. The number of carbonyl (C=O) groups excluding carboxylic acids is 3. The number of Topliss-reactive ketones (excluding diaryl/α,β-unsaturated/α-hetero) is 1. The third kappa shape index (κ3) is 9.97. The van der Waals surface area contributed by atoms with Gasteiger partial charge in [-0.25, -0.2) is 0 Å². The molecule has 0 aliphatic carbocycles. The molecule has 0 aliphatic rings. The second kappa shape index (κ2) is 14.2. The van der Waals surface area contributed by atoms with Gasteiger partial charge in [0.15, 0.2) is 5.78 Å². The lowest BCUT2D eigenvalue weighted by molar-refractivity contribution is -0.135. The number of carbonyl (C=O) groups is 3. The van der Waals surface area contributed by atoms with Gasteiger partial charge in [-0.1, -0.05) is 71.1 Å². The maximum absolute atomic E-state index is 12.9. The van der Waals surface area contributed by atoms with Crippen molar-refractivity contribution < 1.29 is 14.4 Å². The van der Waals surface area contributed by atoms with E-state index in [1.165, 1.54) is 0 Å². The molecular formula is C23H36N2O3S. The Labute approximate surface area is 180 Å². The predicted molar refractivity (Wildman–Crippen MR) is 122 cm³/mol. The Morgan fingerprint density at radius 3 is 2.21 bits per heavy atom.